The zero-order valence-electron chi connectivity index (χ0n) is 12.1. The molecule has 0 saturated heterocycles. The molecular formula is C15H30N2. The number of nitrogens with one attached hydrogen (secondary N) is 1. The summed E-state index contributed by atoms with van der Waals surface area (Å²) in [4.78, 5) is 2.60. The van der Waals surface area contributed by atoms with Crippen LogP contribution in [0.4, 0.5) is 0 Å². The van der Waals surface area contributed by atoms with Crippen LogP contribution in [0.1, 0.15) is 52.9 Å². The lowest BCUT2D eigenvalue weighted by molar-refractivity contribution is 0.199. The monoisotopic (exact) mass is 238 g/mol. The van der Waals surface area contributed by atoms with Crippen molar-refractivity contribution < 1.29 is 0 Å². The van der Waals surface area contributed by atoms with Crippen LogP contribution in [0.5, 0.6) is 0 Å². The molecule has 2 heteroatoms. The second-order valence-electron chi connectivity index (χ2n) is 6.89. The van der Waals surface area contributed by atoms with E-state index in [0.29, 0.717) is 5.41 Å². The van der Waals surface area contributed by atoms with Crippen molar-refractivity contribution in [3.05, 3.63) is 0 Å². The van der Waals surface area contributed by atoms with E-state index in [2.05, 4.69) is 38.0 Å². The Kier molecular flexibility index (Phi) is 4.14. The average molecular weight is 238 g/mol. The van der Waals surface area contributed by atoms with Crippen LogP contribution >= 0.6 is 0 Å². The quantitative estimate of drug-likeness (QED) is 0.765. The standard InChI is InChI=1S/C15H30N2/c1-5-10-16-14-12(8-9-15(14,2)3)11-17(4)13-6-7-13/h12-14,16H,5-11H2,1-4H3. The Morgan fingerprint density at radius 1 is 1.24 bits per heavy atom. The zero-order chi connectivity index (χ0) is 12.5. The van der Waals surface area contributed by atoms with E-state index < -0.39 is 0 Å². The second kappa shape index (κ2) is 5.27. The molecule has 0 aromatic carbocycles. The van der Waals surface area contributed by atoms with Gasteiger partial charge >= 0.3 is 0 Å². The molecule has 17 heavy (non-hydrogen) atoms. The first-order valence-corrected chi connectivity index (χ1v) is 7.48. The molecule has 1 N–H and O–H groups in total. The number of hydrogen-bond donors (Lipinski definition) is 1. The van der Waals surface area contributed by atoms with Crippen LogP contribution in [-0.2, 0) is 0 Å². The van der Waals surface area contributed by atoms with Gasteiger partial charge in [-0.2, -0.15) is 0 Å². The zero-order valence-corrected chi connectivity index (χ0v) is 12.1. The highest BCUT2D eigenvalue weighted by atomic mass is 15.2. The van der Waals surface area contributed by atoms with Crippen molar-refractivity contribution in [2.24, 2.45) is 11.3 Å². The van der Waals surface area contributed by atoms with Crippen LogP contribution in [0.25, 0.3) is 0 Å². The van der Waals surface area contributed by atoms with E-state index in [4.69, 9.17) is 0 Å². The Hall–Kier alpha value is -0.0800. The largest absolute Gasteiger partial charge is 0.313 e. The van der Waals surface area contributed by atoms with E-state index in [1.807, 2.05) is 0 Å². The third-order valence-electron chi connectivity index (χ3n) is 4.78. The van der Waals surface area contributed by atoms with Gasteiger partial charge in [0.25, 0.3) is 0 Å². The van der Waals surface area contributed by atoms with Gasteiger partial charge in [0.2, 0.25) is 0 Å². The Morgan fingerprint density at radius 2 is 1.94 bits per heavy atom. The van der Waals surface area contributed by atoms with Crippen LogP contribution in [-0.4, -0.2) is 37.1 Å². The molecule has 100 valence electrons. The van der Waals surface area contributed by atoms with E-state index in [0.717, 1.165) is 18.0 Å². The van der Waals surface area contributed by atoms with Gasteiger partial charge in [0.1, 0.15) is 0 Å². The minimum atomic E-state index is 0.490. The molecular weight excluding hydrogens is 208 g/mol. The maximum absolute atomic E-state index is 3.81. The number of nitrogens with zero attached hydrogens (tertiary/aromatic N) is 1. The normalized spacial score (nSPS) is 32.3. The van der Waals surface area contributed by atoms with Gasteiger partial charge in [0.15, 0.2) is 0 Å². The van der Waals surface area contributed by atoms with E-state index in [1.54, 1.807) is 0 Å². The number of hydrogen-bond acceptors (Lipinski definition) is 2. The van der Waals surface area contributed by atoms with Gasteiger partial charge in [0.05, 0.1) is 0 Å². The lowest BCUT2D eigenvalue weighted by Crippen LogP contribution is -2.45. The summed E-state index contributed by atoms with van der Waals surface area (Å²) < 4.78 is 0. The molecule has 2 aliphatic rings. The van der Waals surface area contributed by atoms with Gasteiger partial charge in [-0.15, -0.1) is 0 Å². The molecule has 0 heterocycles. The topological polar surface area (TPSA) is 15.3 Å². The molecule has 2 atom stereocenters. The van der Waals surface area contributed by atoms with Crippen LogP contribution in [0, 0.1) is 11.3 Å². The van der Waals surface area contributed by atoms with E-state index >= 15 is 0 Å². The highest BCUT2D eigenvalue weighted by molar-refractivity contribution is 4.98. The lowest BCUT2D eigenvalue weighted by Gasteiger charge is -2.33. The molecule has 2 unspecified atom stereocenters. The fourth-order valence-corrected chi connectivity index (χ4v) is 3.49. The van der Waals surface area contributed by atoms with Gasteiger partial charge in [-0.3, -0.25) is 0 Å². The molecule has 0 spiro atoms. The van der Waals surface area contributed by atoms with Crippen molar-refractivity contribution in [3.63, 3.8) is 0 Å². The summed E-state index contributed by atoms with van der Waals surface area (Å²) in [5.41, 5.74) is 0.490. The Balaban J connectivity index is 1.90. The highest BCUT2D eigenvalue weighted by Gasteiger charge is 2.42. The van der Waals surface area contributed by atoms with E-state index in [-0.39, 0.29) is 0 Å². The molecule has 0 radical (unpaired) electrons. The predicted octanol–water partition coefficient (Wildman–Crippen LogP) is 2.89. The van der Waals surface area contributed by atoms with Crippen molar-refractivity contribution >= 4 is 0 Å². The molecule has 0 aromatic heterocycles. The minimum Gasteiger partial charge on any atom is -0.313 e. The van der Waals surface area contributed by atoms with Gasteiger partial charge in [0, 0.05) is 18.6 Å². The molecule has 0 aromatic rings. The first kappa shape index (κ1) is 13.4. The van der Waals surface area contributed by atoms with Crippen LogP contribution in [0.3, 0.4) is 0 Å². The third kappa shape index (κ3) is 3.23. The van der Waals surface area contributed by atoms with Gasteiger partial charge in [-0.25, -0.2) is 0 Å². The SMILES string of the molecule is CCCNC1C(CN(C)C2CC2)CCC1(C)C. The summed E-state index contributed by atoms with van der Waals surface area (Å²) in [5, 5.41) is 3.81. The number of rotatable bonds is 6. The maximum Gasteiger partial charge on any atom is 0.0159 e. The summed E-state index contributed by atoms with van der Waals surface area (Å²) in [6, 6.07) is 1.63. The lowest BCUT2D eigenvalue weighted by atomic mass is 9.84. The molecule has 2 saturated carbocycles. The van der Waals surface area contributed by atoms with Crippen molar-refractivity contribution in [1.29, 1.82) is 0 Å². The van der Waals surface area contributed by atoms with Crippen LogP contribution in [0.15, 0.2) is 0 Å². The predicted molar refractivity (Wildman–Crippen MR) is 74.2 cm³/mol. The summed E-state index contributed by atoms with van der Waals surface area (Å²) >= 11 is 0. The van der Waals surface area contributed by atoms with E-state index in [1.165, 1.54) is 45.2 Å². The van der Waals surface area contributed by atoms with Crippen molar-refractivity contribution in [3.8, 4) is 0 Å². The summed E-state index contributed by atoms with van der Waals surface area (Å²) in [6.45, 7) is 9.63. The van der Waals surface area contributed by atoms with Gasteiger partial charge < -0.3 is 10.2 Å². The summed E-state index contributed by atoms with van der Waals surface area (Å²) in [7, 11) is 2.32. The molecule has 0 aliphatic heterocycles. The summed E-state index contributed by atoms with van der Waals surface area (Å²) in [5.74, 6) is 0.863. The molecule has 0 bridgehead atoms. The van der Waals surface area contributed by atoms with E-state index in [9.17, 15) is 0 Å². The Morgan fingerprint density at radius 3 is 2.53 bits per heavy atom. The fourth-order valence-electron chi connectivity index (χ4n) is 3.49. The smallest absolute Gasteiger partial charge is 0.0159 e. The van der Waals surface area contributed by atoms with Crippen LogP contribution < -0.4 is 5.32 Å². The highest BCUT2D eigenvalue weighted by Crippen LogP contribution is 2.42. The van der Waals surface area contributed by atoms with Gasteiger partial charge in [-0.1, -0.05) is 20.8 Å². The minimum absolute atomic E-state index is 0.490. The Bertz CT molecular complexity index is 245. The first-order valence-electron chi connectivity index (χ1n) is 7.48. The molecule has 2 fully saturated rings. The van der Waals surface area contributed by atoms with Crippen molar-refractivity contribution in [1.82, 2.24) is 10.2 Å². The molecule has 0 amide bonds. The Labute approximate surface area is 107 Å². The van der Waals surface area contributed by atoms with Crippen molar-refractivity contribution in [2.45, 2.75) is 65.0 Å². The summed E-state index contributed by atoms with van der Waals surface area (Å²) in [6.07, 6.45) is 6.90. The maximum atomic E-state index is 3.81. The fraction of sp³-hybridized carbons (Fsp3) is 1.00. The molecule has 2 nitrogen and oxygen atoms in total. The van der Waals surface area contributed by atoms with Crippen LogP contribution in [0.2, 0.25) is 0 Å². The molecule has 2 aliphatic carbocycles. The van der Waals surface area contributed by atoms with Crippen molar-refractivity contribution in [2.75, 3.05) is 20.1 Å². The average Bonchev–Trinajstić information content (AvgIpc) is 3.05. The first-order chi connectivity index (χ1) is 8.04. The van der Waals surface area contributed by atoms with Gasteiger partial charge in [-0.05, 0) is 57.0 Å². The third-order valence-corrected chi connectivity index (χ3v) is 4.78. The second-order valence-corrected chi connectivity index (χ2v) is 6.89. The molecule has 2 rings (SSSR count).